The Hall–Kier alpha value is -2.54. The number of hydrogen-bond acceptors (Lipinski definition) is 5. The van der Waals surface area contributed by atoms with E-state index in [0.29, 0.717) is 35.0 Å². The molecule has 0 saturated heterocycles. The lowest BCUT2D eigenvalue weighted by Gasteiger charge is -2.09. The van der Waals surface area contributed by atoms with Crippen molar-refractivity contribution in [2.75, 3.05) is 12.3 Å². The molecule has 1 N–H and O–H groups in total. The number of para-hydroxylation sites is 1. The van der Waals surface area contributed by atoms with Gasteiger partial charge in [-0.3, -0.25) is 9.36 Å². The van der Waals surface area contributed by atoms with Crippen LogP contribution in [0.15, 0.2) is 58.3 Å². The van der Waals surface area contributed by atoms with Gasteiger partial charge in [0.05, 0.1) is 12.0 Å². The molecular formula is C19H22N4O2S. The Bertz CT molecular complexity index is 829. The molecule has 0 spiro atoms. The number of amides is 1. The van der Waals surface area contributed by atoms with E-state index in [1.807, 2.05) is 47.0 Å². The van der Waals surface area contributed by atoms with Crippen LogP contribution in [0.5, 0.6) is 0 Å². The molecule has 0 aliphatic heterocycles. The predicted octanol–water partition coefficient (Wildman–Crippen LogP) is 3.78. The highest BCUT2D eigenvalue weighted by atomic mass is 32.2. The number of nitrogens with one attached hydrogen (secondary N) is 1. The lowest BCUT2D eigenvalue weighted by molar-refractivity contribution is -0.118. The molecule has 2 aromatic heterocycles. The quantitative estimate of drug-likeness (QED) is 0.611. The molecule has 0 atom stereocenters. The first-order chi connectivity index (χ1) is 12.6. The second-order valence-electron chi connectivity index (χ2n) is 6.28. The van der Waals surface area contributed by atoms with Gasteiger partial charge < -0.3 is 9.73 Å². The summed E-state index contributed by atoms with van der Waals surface area (Å²) in [7, 11) is 0. The van der Waals surface area contributed by atoms with Gasteiger partial charge in [0.2, 0.25) is 11.7 Å². The number of nitrogens with zero attached hydrogens (tertiary/aromatic N) is 3. The molecular weight excluding hydrogens is 348 g/mol. The van der Waals surface area contributed by atoms with Gasteiger partial charge in [-0.05, 0) is 36.6 Å². The van der Waals surface area contributed by atoms with E-state index in [9.17, 15) is 4.79 Å². The van der Waals surface area contributed by atoms with Crippen molar-refractivity contribution in [3.05, 3.63) is 48.7 Å². The molecule has 0 radical (unpaired) electrons. The molecule has 6 nitrogen and oxygen atoms in total. The van der Waals surface area contributed by atoms with Crippen molar-refractivity contribution < 1.29 is 9.21 Å². The Morgan fingerprint density at radius 2 is 2.00 bits per heavy atom. The molecule has 7 heteroatoms. The molecule has 3 rings (SSSR count). The maximum absolute atomic E-state index is 12.1. The largest absolute Gasteiger partial charge is 0.461 e. The second kappa shape index (κ2) is 8.71. The molecule has 136 valence electrons. The SMILES string of the molecule is CC(C)CCNC(=O)CSc1nnc(-c2ccco2)n1-c1ccccc1. The van der Waals surface area contributed by atoms with Crippen LogP contribution in [-0.2, 0) is 4.79 Å². The lowest BCUT2D eigenvalue weighted by Crippen LogP contribution is -2.27. The van der Waals surface area contributed by atoms with Gasteiger partial charge in [-0.15, -0.1) is 10.2 Å². The number of rotatable bonds is 8. The normalized spacial score (nSPS) is 11.0. The third-order valence-corrected chi connectivity index (χ3v) is 4.69. The molecule has 1 aromatic carbocycles. The van der Waals surface area contributed by atoms with Crippen LogP contribution in [0.3, 0.4) is 0 Å². The maximum atomic E-state index is 12.1. The van der Waals surface area contributed by atoms with E-state index in [4.69, 9.17) is 4.42 Å². The van der Waals surface area contributed by atoms with Crippen LogP contribution in [0, 0.1) is 5.92 Å². The van der Waals surface area contributed by atoms with Crippen LogP contribution in [0.1, 0.15) is 20.3 Å². The van der Waals surface area contributed by atoms with Gasteiger partial charge >= 0.3 is 0 Å². The van der Waals surface area contributed by atoms with Crippen LogP contribution in [0.4, 0.5) is 0 Å². The van der Waals surface area contributed by atoms with Gasteiger partial charge in [0, 0.05) is 12.2 Å². The minimum Gasteiger partial charge on any atom is -0.461 e. The van der Waals surface area contributed by atoms with Crippen molar-refractivity contribution >= 4 is 17.7 Å². The fourth-order valence-corrected chi connectivity index (χ4v) is 3.20. The summed E-state index contributed by atoms with van der Waals surface area (Å²) in [5.41, 5.74) is 0.923. The zero-order valence-electron chi connectivity index (χ0n) is 14.9. The Morgan fingerprint density at radius 3 is 2.69 bits per heavy atom. The van der Waals surface area contributed by atoms with E-state index in [-0.39, 0.29) is 5.91 Å². The lowest BCUT2D eigenvalue weighted by atomic mass is 10.1. The summed E-state index contributed by atoms with van der Waals surface area (Å²) in [6.45, 7) is 4.97. The second-order valence-corrected chi connectivity index (χ2v) is 7.22. The average Bonchev–Trinajstić information content (AvgIpc) is 3.29. The molecule has 3 aromatic rings. The fourth-order valence-electron chi connectivity index (χ4n) is 2.42. The first-order valence-electron chi connectivity index (χ1n) is 8.59. The summed E-state index contributed by atoms with van der Waals surface area (Å²) in [6.07, 6.45) is 2.58. The Morgan fingerprint density at radius 1 is 1.19 bits per heavy atom. The standard InChI is InChI=1S/C19H22N4O2S/c1-14(2)10-11-20-17(24)13-26-19-22-21-18(16-9-6-12-25-16)23(19)15-7-4-3-5-8-15/h3-9,12,14H,10-11,13H2,1-2H3,(H,20,24). The van der Waals surface area contributed by atoms with E-state index in [1.165, 1.54) is 11.8 Å². The number of furan rings is 1. The van der Waals surface area contributed by atoms with Crippen molar-refractivity contribution in [2.45, 2.75) is 25.4 Å². The third kappa shape index (κ3) is 4.54. The summed E-state index contributed by atoms with van der Waals surface area (Å²) in [5, 5.41) is 12.1. The van der Waals surface area contributed by atoms with Gasteiger partial charge in [0.1, 0.15) is 0 Å². The minimum atomic E-state index is -0.00203. The zero-order valence-corrected chi connectivity index (χ0v) is 15.7. The topological polar surface area (TPSA) is 73.0 Å². The van der Waals surface area contributed by atoms with Crippen molar-refractivity contribution in [3.8, 4) is 17.3 Å². The maximum Gasteiger partial charge on any atom is 0.230 e. The van der Waals surface area contributed by atoms with Crippen LogP contribution < -0.4 is 5.32 Å². The minimum absolute atomic E-state index is 0.00203. The Labute approximate surface area is 157 Å². The van der Waals surface area contributed by atoms with E-state index in [2.05, 4.69) is 29.4 Å². The van der Waals surface area contributed by atoms with E-state index in [0.717, 1.165) is 12.1 Å². The van der Waals surface area contributed by atoms with Gasteiger partial charge in [-0.25, -0.2) is 0 Å². The molecule has 0 aliphatic carbocycles. The summed E-state index contributed by atoms with van der Waals surface area (Å²) in [6, 6.07) is 13.5. The third-order valence-electron chi connectivity index (χ3n) is 3.77. The van der Waals surface area contributed by atoms with E-state index >= 15 is 0 Å². The van der Waals surface area contributed by atoms with E-state index < -0.39 is 0 Å². The number of carbonyl (C=O) groups excluding carboxylic acids is 1. The van der Waals surface area contributed by atoms with Gasteiger partial charge in [0.15, 0.2) is 10.9 Å². The summed E-state index contributed by atoms with van der Waals surface area (Å²) < 4.78 is 7.39. The molecule has 0 bridgehead atoms. The van der Waals surface area contributed by atoms with Gasteiger partial charge in [-0.2, -0.15) is 0 Å². The highest BCUT2D eigenvalue weighted by Crippen LogP contribution is 2.27. The molecule has 2 heterocycles. The monoisotopic (exact) mass is 370 g/mol. The number of carbonyl (C=O) groups is 1. The van der Waals surface area contributed by atoms with Crippen LogP contribution in [0.2, 0.25) is 0 Å². The first-order valence-corrected chi connectivity index (χ1v) is 9.58. The van der Waals surface area contributed by atoms with Gasteiger partial charge in [-0.1, -0.05) is 43.8 Å². The molecule has 0 unspecified atom stereocenters. The summed E-state index contributed by atoms with van der Waals surface area (Å²) >= 11 is 1.36. The molecule has 26 heavy (non-hydrogen) atoms. The van der Waals surface area contributed by atoms with Crippen LogP contribution in [0.25, 0.3) is 17.3 Å². The smallest absolute Gasteiger partial charge is 0.230 e. The summed E-state index contributed by atoms with van der Waals surface area (Å²) in [4.78, 5) is 12.1. The number of aromatic nitrogens is 3. The van der Waals surface area contributed by atoms with Crippen LogP contribution in [-0.4, -0.2) is 33.0 Å². The molecule has 1 amide bonds. The first kappa shape index (κ1) is 18.3. The highest BCUT2D eigenvalue weighted by Gasteiger charge is 2.18. The number of hydrogen-bond donors (Lipinski definition) is 1. The molecule has 0 aliphatic rings. The predicted molar refractivity (Wildman–Crippen MR) is 102 cm³/mol. The van der Waals surface area contributed by atoms with Gasteiger partial charge in [0.25, 0.3) is 0 Å². The van der Waals surface area contributed by atoms with Crippen molar-refractivity contribution in [1.29, 1.82) is 0 Å². The van der Waals surface area contributed by atoms with Crippen molar-refractivity contribution in [2.24, 2.45) is 5.92 Å². The fraction of sp³-hybridized carbons (Fsp3) is 0.316. The van der Waals surface area contributed by atoms with Crippen molar-refractivity contribution in [1.82, 2.24) is 20.1 Å². The highest BCUT2D eigenvalue weighted by molar-refractivity contribution is 7.99. The molecule has 0 saturated carbocycles. The average molecular weight is 370 g/mol. The Balaban J connectivity index is 1.76. The number of benzene rings is 1. The zero-order chi connectivity index (χ0) is 18.4. The van der Waals surface area contributed by atoms with E-state index in [1.54, 1.807) is 6.26 Å². The van der Waals surface area contributed by atoms with Crippen LogP contribution >= 0.6 is 11.8 Å². The number of thioether (sulfide) groups is 1. The van der Waals surface area contributed by atoms with Crippen molar-refractivity contribution in [3.63, 3.8) is 0 Å². The Kier molecular flexibility index (Phi) is 6.12. The molecule has 0 fully saturated rings. The summed E-state index contributed by atoms with van der Waals surface area (Å²) in [5.74, 6) is 2.11.